The van der Waals surface area contributed by atoms with Gasteiger partial charge >= 0.3 is 0 Å². The first-order valence-electron chi connectivity index (χ1n) is 8.95. The van der Waals surface area contributed by atoms with Crippen LogP contribution in [0.15, 0.2) is 65.1 Å². The molecule has 26 heavy (non-hydrogen) atoms. The van der Waals surface area contributed by atoms with Gasteiger partial charge in [0, 0.05) is 24.5 Å². The Hall–Kier alpha value is -3.01. The Morgan fingerprint density at radius 2 is 1.81 bits per heavy atom. The molecule has 1 amide bonds. The first kappa shape index (κ1) is 16.5. The molecule has 0 saturated carbocycles. The Kier molecular flexibility index (Phi) is 4.25. The summed E-state index contributed by atoms with van der Waals surface area (Å²) < 4.78 is 7.79. The van der Waals surface area contributed by atoms with Crippen LogP contribution in [0.3, 0.4) is 0 Å². The van der Waals surface area contributed by atoms with Crippen LogP contribution in [-0.4, -0.2) is 16.5 Å². The number of benzene rings is 2. The Morgan fingerprint density at radius 1 is 1.08 bits per heavy atom. The zero-order valence-corrected chi connectivity index (χ0v) is 15.0. The number of aryl methyl sites for hydroxylation is 2. The van der Waals surface area contributed by atoms with E-state index >= 15 is 0 Å². The first-order valence-corrected chi connectivity index (χ1v) is 8.95. The van der Waals surface area contributed by atoms with Crippen LogP contribution in [-0.2, 0) is 13.5 Å². The molecular formula is C22H22N2O2. The summed E-state index contributed by atoms with van der Waals surface area (Å²) in [6, 6.07) is 20.2. The predicted octanol–water partition coefficient (Wildman–Crippen LogP) is 4.68. The summed E-state index contributed by atoms with van der Waals surface area (Å²) in [6.45, 7) is 2.04. The molecule has 1 N–H and O–H groups in total. The van der Waals surface area contributed by atoms with Crippen LogP contribution in [0.5, 0.6) is 0 Å². The molecule has 132 valence electrons. The van der Waals surface area contributed by atoms with Crippen LogP contribution in [0, 0.1) is 0 Å². The summed E-state index contributed by atoms with van der Waals surface area (Å²) in [4.78, 5) is 12.7. The quantitative estimate of drug-likeness (QED) is 0.570. The van der Waals surface area contributed by atoms with E-state index < -0.39 is 0 Å². The van der Waals surface area contributed by atoms with E-state index in [4.69, 9.17) is 4.42 Å². The smallest absolute Gasteiger partial charge is 0.268 e. The van der Waals surface area contributed by atoms with Gasteiger partial charge in [-0.05, 0) is 37.5 Å². The second kappa shape index (κ2) is 6.71. The molecule has 0 saturated heterocycles. The minimum Gasteiger partial charge on any atom is -0.454 e. The second-order valence-electron chi connectivity index (χ2n) is 6.80. The van der Waals surface area contributed by atoms with E-state index in [-0.39, 0.29) is 11.9 Å². The van der Waals surface area contributed by atoms with Crippen LogP contribution < -0.4 is 5.32 Å². The summed E-state index contributed by atoms with van der Waals surface area (Å²) in [7, 11) is 1.91. The maximum absolute atomic E-state index is 12.7. The van der Waals surface area contributed by atoms with E-state index in [9.17, 15) is 4.79 Å². The van der Waals surface area contributed by atoms with Gasteiger partial charge in [-0.15, -0.1) is 0 Å². The number of hydrogen-bond acceptors (Lipinski definition) is 2. The molecule has 2 heterocycles. The van der Waals surface area contributed by atoms with Crippen molar-refractivity contribution in [2.75, 3.05) is 0 Å². The fourth-order valence-corrected chi connectivity index (χ4v) is 3.45. The normalized spacial score (nSPS) is 12.5. The largest absolute Gasteiger partial charge is 0.454 e. The Bertz CT molecular complexity index is 1060. The highest BCUT2D eigenvalue weighted by Crippen LogP contribution is 2.30. The van der Waals surface area contributed by atoms with Crippen molar-refractivity contribution >= 4 is 28.0 Å². The number of nitrogens with one attached hydrogen (secondary N) is 1. The second-order valence-corrected chi connectivity index (χ2v) is 6.80. The van der Waals surface area contributed by atoms with Crippen LogP contribution in [0.2, 0.25) is 0 Å². The molecule has 0 fully saturated rings. The molecule has 0 bridgehead atoms. The Balaban J connectivity index is 1.50. The number of carbonyl (C=O) groups excluding carboxylic acids is 1. The van der Waals surface area contributed by atoms with Gasteiger partial charge in [-0.25, -0.2) is 0 Å². The molecule has 0 aliphatic carbocycles. The monoisotopic (exact) mass is 346 g/mol. The van der Waals surface area contributed by atoms with Crippen molar-refractivity contribution < 1.29 is 9.21 Å². The highest BCUT2D eigenvalue weighted by Gasteiger charge is 2.19. The number of aromatic nitrogens is 1. The van der Waals surface area contributed by atoms with Crippen LogP contribution in [0.25, 0.3) is 22.1 Å². The van der Waals surface area contributed by atoms with Crippen molar-refractivity contribution in [1.29, 1.82) is 0 Å². The molecule has 4 aromatic rings. The fourth-order valence-electron chi connectivity index (χ4n) is 3.45. The van der Waals surface area contributed by atoms with Gasteiger partial charge in [0.1, 0.15) is 11.3 Å². The third-order valence-corrected chi connectivity index (χ3v) is 4.88. The summed E-state index contributed by atoms with van der Waals surface area (Å²) in [6.07, 6.45) is 1.85. The van der Waals surface area contributed by atoms with Crippen LogP contribution in [0.1, 0.15) is 29.4 Å². The lowest BCUT2D eigenvalue weighted by molar-refractivity contribution is 0.0930. The van der Waals surface area contributed by atoms with Gasteiger partial charge in [0.05, 0.1) is 5.52 Å². The van der Waals surface area contributed by atoms with E-state index in [1.54, 1.807) is 0 Å². The van der Waals surface area contributed by atoms with Gasteiger partial charge in [-0.3, -0.25) is 4.79 Å². The molecule has 4 heteroatoms. The van der Waals surface area contributed by atoms with Gasteiger partial charge in [0.25, 0.3) is 5.91 Å². The van der Waals surface area contributed by atoms with Crippen molar-refractivity contribution in [2.24, 2.45) is 7.05 Å². The fraction of sp³-hybridized carbons (Fsp3) is 0.227. The molecule has 4 rings (SSSR count). The van der Waals surface area contributed by atoms with Gasteiger partial charge < -0.3 is 14.3 Å². The number of para-hydroxylation sites is 1. The minimum atomic E-state index is -0.0662. The highest BCUT2D eigenvalue weighted by atomic mass is 16.3. The SMILES string of the molecule is C[C@@H](CCc1ccccc1)NC(=O)c1cc2oc3ccccc3c2n1C. The minimum absolute atomic E-state index is 0.0662. The van der Waals surface area contributed by atoms with Gasteiger partial charge in [0.2, 0.25) is 0 Å². The first-order chi connectivity index (χ1) is 12.6. The van der Waals surface area contributed by atoms with E-state index in [1.807, 2.05) is 67.1 Å². The molecule has 2 aromatic carbocycles. The number of amides is 1. The van der Waals surface area contributed by atoms with Gasteiger partial charge in [-0.2, -0.15) is 0 Å². The van der Waals surface area contributed by atoms with Crippen molar-refractivity contribution in [2.45, 2.75) is 25.8 Å². The standard InChI is InChI=1S/C22H22N2O2/c1-15(12-13-16-8-4-3-5-9-16)23-22(25)18-14-20-21(24(18)2)17-10-6-7-11-19(17)26-20/h3-11,14-15H,12-13H2,1-2H3,(H,23,25)/t15-/m0/s1. The van der Waals surface area contributed by atoms with Gasteiger partial charge in [0.15, 0.2) is 5.58 Å². The zero-order chi connectivity index (χ0) is 18.1. The van der Waals surface area contributed by atoms with Crippen LogP contribution >= 0.6 is 0 Å². The Morgan fingerprint density at radius 3 is 2.62 bits per heavy atom. The number of rotatable bonds is 5. The van der Waals surface area contributed by atoms with Crippen molar-refractivity contribution in [3.8, 4) is 0 Å². The zero-order valence-electron chi connectivity index (χ0n) is 15.0. The van der Waals surface area contributed by atoms with Crippen molar-refractivity contribution in [3.05, 3.63) is 71.9 Å². The van der Waals surface area contributed by atoms with E-state index in [2.05, 4.69) is 17.4 Å². The summed E-state index contributed by atoms with van der Waals surface area (Å²) >= 11 is 0. The molecule has 4 nitrogen and oxygen atoms in total. The van der Waals surface area contributed by atoms with E-state index in [0.717, 1.165) is 34.9 Å². The number of furan rings is 1. The molecule has 0 aliphatic rings. The third-order valence-electron chi connectivity index (χ3n) is 4.88. The number of hydrogen-bond donors (Lipinski definition) is 1. The van der Waals surface area contributed by atoms with E-state index in [0.29, 0.717) is 5.69 Å². The number of nitrogens with zero attached hydrogens (tertiary/aromatic N) is 1. The van der Waals surface area contributed by atoms with E-state index in [1.165, 1.54) is 5.56 Å². The van der Waals surface area contributed by atoms with Crippen molar-refractivity contribution in [3.63, 3.8) is 0 Å². The highest BCUT2D eigenvalue weighted by molar-refractivity contribution is 6.07. The summed E-state index contributed by atoms with van der Waals surface area (Å²) in [5, 5.41) is 4.13. The maximum atomic E-state index is 12.7. The third kappa shape index (κ3) is 2.99. The maximum Gasteiger partial charge on any atom is 0.268 e. The number of carbonyl (C=O) groups is 1. The average molecular weight is 346 g/mol. The number of fused-ring (bicyclic) bond motifs is 3. The lowest BCUT2D eigenvalue weighted by atomic mass is 10.1. The lowest BCUT2D eigenvalue weighted by Gasteiger charge is -2.14. The molecule has 0 spiro atoms. The molecule has 1 atom stereocenters. The Labute approximate surface area is 152 Å². The molecule has 2 aromatic heterocycles. The average Bonchev–Trinajstić information content (AvgIpc) is 3.17. The summed E-state index contributed by atoms with van der Waals surface area (Å²) in [5.41, 5.74) is 4.46. The molecular weight excluding hydrogens is 324 g/mol. The molecule has 0 radical (unpaired) electrons. The van der Waals surface area contributed by atoms with Gasteiger partial charge in [-0.1, -0.05) is 42.5 Å². The topological polar surface area (TPSA) is 47.2 Å². The lowest BCUT2D eigenvalue weighted by Crippen LogP contribution is -2.34. The predicted molar refractivity (Wildman–Crippen MR) is 104 cm³/mol. The summed E-state index contributed by atoms with van der Waals surface area (Å²) in [5.74, 6) is -0.0662. The molecule has 0 aliphatic heterocycles. The van der Waals surface area contributed by atoms with Crippen molar-refractivity contribution in [1.82, 2.24) is 9.88 Å². The molecule has 0 unspecified atom stereocenters. The van der Waals surface area contributed by atoms with Crippen LogP contribution in [0.4, 0.5) is 0 Å².